The lowest BCUT2D eigenvalue weighted by atomic mass is 10.1. The molecule has 0 fully saturated rings. The Hall–Kier alpha value is -1.09. The third kappa shape index (κ3) is 4.19. The maximum absolute atomic E-state index is 5.68. The Bertz CT molecular complexity index is 321. The normalized spacial score (nSPS) is 11.7. The fraction of sp³-hybridized carbons (Fsp3) is 0.615. The van der Waals surface area contributed by atoms with Crippen LogP contribution in [0.25, 0.3) is 0 Å². The highest BCUT2D eigenvalue weighted by Crippen LogP contribution is 2.10. The minimum absolute atomic E-state index is 0.533. The molecule has 0 atom stereocenters. The summed E-state index contributed by atoms with van der Waals surface area (Å²) in [6.07, 6.45) is 0. The van der Waals surface area contributed by atoms with Gasteiger partial charge in [-0.2, -0.15) is 0 Å². The summed E-state index contributed by atoms with van der Waals surface area (Å²) < 4.78 is 0. The predicted molar refractivity (Wildman–Crippen MR) is 69.0 cm³/mol. The first kappa shape index (κ1) is 13.0. The molecule has 3 heteroatoms. The van der Waals surface area contributed by atoms with Crippen molar-refractivity contribution in [1.29, 1.82) is 0 Å². The summed E-state index contributed by atoms with van der Waals surface area (Å²) in [5.74, 6) is 1.27. The first-order valence-corrected chi connectivity index (χ1v) is 5.94. The fourth-order valence-electron chi connectivity index (χ4n) is 1.72. The number of hydrogen-bond acceptors (Lipinski definition) is 3. The van der Waals surface area contributed by atoms with Crippen LogP contribution in [0.4, 0.5) is 5.82 Å². The molecule has 0 aliphatic heterocycles. The molecule has 0 unspecified atom stereocenters. The van der Waals surface area contributed by atoms with Gasteiger partial charge < -0.3 is 5.73 Å². The molecule has 1 aromatic rings. The quantitative estimate of drug-likeness (QED) is 0.830. The van der Waals surface area contributed by atoms with Crippen LogP contribution in [0.1, 0.15) is 33.4 Å². The van der Waals surface area contributed by atoms with Crippen molar-refractivity contribution in [2.45, 2.75) is 40.3 Å². The number of rotatable bonds is 5. The molecule has 1 aromatic heterocycles. The Morgan fingerprint density at radius 1 is 1.25 bits per heavy atom. The van der Waals surface area contributed by atoms with Gasteiger partial charge in [0, 0.05) is 19.1 Å². The van der Waals surface area contributed by atoms with E-state index >= 15 is 0 Å². The molecule has 1 heterocycles. The Balaban J connectivity index is 2.68. The van der Waals surface area contributed by atoms with E-state index < -0.39 is 0 Å². The topological polar surface area (TPSA) is 42.1 Å². The van der Waals surface area contributed by atoms with Crippen molar-refractivity contribution >= 4 is 5.82 Å². The van der Waals surface area contributed by atoms with Crippen LogP contribution in [0.15, 0.2) is 18.2 Å². The summed E-state index contributed by atoms with van der Waals surface area (Å²) in [5.41, 5.74) is 6.73. The molecule has 16 heavy (non-hydrogen) atoms. The van der Waals surface area contributed by atoms with E-state index in [1.165, 1.54) is 0 Å². The second-order valence-corrected chi connectivity index (χ2v) is 4.97. The predicted octanol–water partition coefficient (Wildman–Crippen LogP) is 2.53. The van der Waals surface area contributed by atoms with Crippen LogP contribution in [0.3, 0.4) is 0 Å². The Kier molecular flexibility index (Phi) is 4.74. The van der Waals surface area contributed by atoms with Gasteiger partial charge in [0.05, 0.1) is 5.69 Å². The third-order valence-electron chi connectivity index (χ3n) is 2.52. The molecule has 3 nitrogen and oxygen atoms in total. The number of hydrogen-bond donors (Lipinski definition) is 1. The van der Waals surface area contributed by atoms with E-state index in [0.29, 0.717) is 17.8 Å². The summed E-state index contributed by atoms with van der Waals surface area (Å²) in [6, 6.07) is 6.36. The molecule has 0 saturated heterocycles. The van der Waals surface area contributed by atoms with E-state index in [9.17, 15) is 0 Å². The SMILES string of the molecule is CC(C)CN(Cc1cccc(N)n1)C(C)C. The van der Waals surface area contributed by atoms with Gasteiger partial charge in [0.25, 0.3) is 0 Å². The highest BCUT2D eigenvalue weighted by atomic mass is 15.2. The highest BCUT2D eigenvalue weighted by Gasteiger charge is 2.12. The second kappa shape index (κ2) is 5.85. The molecular weight excluding hydrogens is 198 g/mol. The van der Waals surface area contributed by atoms with Gasteiger partial charge in [0.2, 0.25) is 0 Å². The number of aromatic nitrogens is 1. The van der Waals surface area contributed by atoms with Crippen molar-refractivity contribution in [1.82, 2.24) is 9.88 Å². The Morgan fingerprint density at radius 3 is 2.44 bits per heavy atom. The molecule has 0 bridgehead atoms. The van der Waals surface area contributed by atoms with Gasteiger partial charge in [-0.15, -0.1) is 0 Å². The Labute approximate surface area is 98.7 Å². The summed E-state index contributed by atoms with van der Waals surface area (Å²) in [7, 11) is 0. The lowest BCUT2D eigenvalue weighted by Crippen LogP contribution is -2.33. The van der Waals surface area contributed by atoms with Crippen LogP contribution in [-0.2, 0) is 6.54 Å². The van der Waals surface area contributed by atoms with E-state index in [0.717, 1.165) is 18.8 Å². The average Bonchev–Trinajstić information content (AvgIpc) is 2.15. The smallest absolute Gasteiger partial charge is 0.123 e. The molecule has 0 aliphatic carbocycles. The first-order chi connectivity index (χ1) is 7.49. The van der Waals surface area contributed by atoms with Crippen molar-refractivity contribution in [2.75, 3.05) is 12.3 Å². The van der Waals surface area contributed by atoms with Gasteiger partial charge in [0.15, 0.2) is 0 Å². The fourth-order valence-corrected chi connectivity index (χ4v) is 1.72. The zero-order valence-corrected chi connectivity index (χ0v) is 10.8. The van der Waals surface area contributed by atoms with E-state index in [2.05, 4.69) is 37.6 Å². The van der Waals surface area contributed by atoms with Gasteiger partial charge in [0.1, 0.15) is 5.82 Å². The van der Waals surface area contributed by atoms with Crippen LogP contribution in [-0.4, -0.2) is 22.5 Å². The molecule has 0 radical (unpaired) electrons. The first-order valence-electron chi connectivity index (χ1n) is 5.94. The van der Waals surface area contributed by atoms with Gasteiger partial charge in [-0.25, -0.2) is 4.98 Å². The Morgan fingerprint density at radius 2 is 1.94 bits per heavy atom. The van der Waals surface area contributed by atoms with Gasteiger partial charge in [-0.3, -0.25) is 4.90 Å². The summed E-state index contributed by atoms with van der Waals surface area (Å²) in [4.78, 5) is 6.76. The molecule has 0 amide bonds. The lowest BCUT2D eigenvalue weighted by Gasteiger charge is -2.27. The molecule has 90 valence electrons. The molecular formula is C13H23N3. The second-order valence-electron chi connectivity index (χ2n) is 4.97. The average molecular weight is 221 g/mol. The minimum Gasteiger partial charge on any atom is -0.384 e. The zero-order valence-electron chi connectivity index (χ0n) is 10.8. The molecule has 0 spiro atoms. The number of pyridine rings is 1. The molecule has 0 aliphatic rings. The van der Waals surface area contributed by atoms with Gasteiger partial charge >= 0.3 is 0 Å². The van der Waals surface area contributed by atoms with Crippen LogP contribution < -0.4 is 5.73 Å². The van der Waals surface area contributed by atoms with Gasteiger partial charge in [-0.05, 0) is 31.9 Å². The number of nitrogens with zero attached hydrogens (tertiary/aromatic N) is 2. The highest BCUT2D eigenvalue weighted by molar-refractivity contribution is 5.28. The van der Waals surface area contributed by atoms with Crippen LogP contribution in [0.5, 0.6) is 0 Å². The largest absolute Gasteiger partial charge is 0.384 e. The summed E-state index contributed by atoms with van der Waals surface area (Å²) in [6.45, 7) is 10.9. The summed E-state index contributed by atoms with van der Waals surface area (Å²) >= 11 is 0. The zero-order chi connectivity index (χ0) is 12.1. The minimum atomic E-state index is 0.533. The molecule has 2 N–H and O–H groups in total. The van der Waals surface area contributed by atoms with E-state index in [1.54, 1.807) is 0 Å². The van der Waals surface area contributed by atoms with E-state index in [-0.39, 0.29) is 0 Å². The van der Waals surface area contributed by atoms with Gasteiger partial charge in [-0.1, -0.05) is 19.9 Å². The van der Waals surface area contributed by atoms with Crippen molar-refractivity contribution in [3.05, 3.63) is 23.9 Å². The van der Waals surface area contributed by atoms with Crippen molar-refractivity contribution in [2.24, 2.45) is 5.92 Å². The molecule has 1 rings (SSSR count). The van der Waals surface area contributed by atoms with E-state index in [4.69, 9.17) is 5.73 Å². The molecule has 0 aromatic carbocycles. The lowest BCUT2D eigenvalue weighted by molar-refractivity contribution is 0.187. The maximum Gasteiger partial charge on any atom is 0.123 e. The van der Waals surface area contributed by atoms with Crippen molar-refractivity contribution in [3.8, 4) is 0 Å². The van der Waals surface area contributed by atoms with Crippen LogP contribution in [0, 0.1) is 5.92 Å². The maximum atomic E-state index is 5.68. The molecule has 0 saturated carbocycles. The monoisotopic (exact) mass is 221 g/mol. The third-order valence-corrected chi connectivity index (χ3v) is 2.52. The van der Waals surface area contributed by atoms with E-state index in [1.807, 2.05) is 18.2 Å². The standard InChI is InChI=1S/C13H23N3/c1-10(2)8-16(11(3)4)9-12-6-5-7-13(14)15-12/h5-7,10-11H,8-9H2,1-4H3,(H2,14,15). The van der Waals surface area contributed by atoms with Crippen LogP contribution in [0.2, 0.25) is 0 Å². The van der Waals surface area contributed by atoms with Crippen molar-refractivity contribution < 1.29 is 0 Å². The summed E-state index contributed by atoms with van der Waals surface area (Å²) in [5, 5.41) is 0. The van der Waals surface area contributed by atoms with Crippen molar-refractivity contribution in [3.63, 3.8) is 0 Å². The number of nitrogens with two attached hydrogens (primary N) is 1. The van der Waals surface area contributed by atoms with Crippen LogP contribution >= 0.6 is 0 Å². The number of nitrogen functional groups attached to an aromatic ring is 1. The number of anilines is 1.